The predicted molar refractivity (Wildman–Crippen MR) is 148 cm³/mol. The molecule has 10 nitrogen and oxygen atoms in total. The van der Waals surface area contributed by atoms with Gasteiger partial charge in [-0.3, -0.25) is 14.9 Å². The number of carbonyl (C=O) groups is 3. The van der Waals surface area contributed by atoms with Crippen molar-refractivity contribution in [3.63, 3.8) is 0 Å². The number of nitro benzene ring substituents is 1. The Morgan fingerprint density at radius 3 is 2.49 bits per heavy atom. The highest BCUT2D eigenvalue weighted by molar-refractivity contribution is 8.03. The summed E-state index contributed by atoms with van der Waals surface area (Å²) in [6.45, 7) is 3.49. The average Bonchev–Trinajstić information content (AvgIpc) is 2.93. The van der Waals surface area contributed by atoms with Crippen LogP contribution in [0, 0.1) is 10.1 Å². The number of thioether (sulfide) groups is 1. The average molecular weight is 554 g/mol. The maximum absolute atomic E-state index is 13.5. The third-order valence-corrected chi connectivity index (χ3v) is 7.71. The number of esters is 2. The minimum Gasteiger partial charge on any atom is -0.466 e. The van der Waals surface area contributed by atoms with Crippen LogP contribution < -0.4 is 5.32 Å². The van der Waals surface area contributed by atoms with E-state index >= 15 is 0 Å². The van der Waals surface area contributed by atoms with Crippen molar-refractivity contribution in [2.24, 2.45) is 0 Å². The Balaban J connectivity index is 2.14. The van der Waals surface area contributed by atoms with Crippen molar-refractivity contribution in [1.82, 2.24) is 10.2 Å². The second-order valence-electron chi connectivity index (χ2n) is 8.76. The van der Waals surface area contributed by atoms with E-state index in [2.05, 4.69) is 5.32 Å². The molecule has 0 bridgehead atoms. The van der Waals surface area contributed by atoms with Crippen LogP contribution >= 0.6 is 11.8 Å². The van der Waals surface area contributed by atoms with E-state index in [0.29, 0.717) is 34.9 Å². The monoisotopic (exact) mass is 553 g/mol. The van der Waals surface area contributed by atoms with Gasteiger partial charge in [0.05, 0.1) is 40.7 Å². The fourth-order valence-corrected chi connectivity index (χ4v) is 5.71. The Morgan fingerprint density at radius 1 is 1.15 bits per heavy atom. The summed E-state index contributed by atoms with van der Waals surface area (Å²) in [7, 11) is 2.97. The van der Waals surface area contributed by atoms with E-state index in [0.717, 1.165) is 5.56 Å². The number of rotatable bonds is 12. The fourth-order valence-electron chi connectivity index (χ4n) is 4.45. The molecule has 1 heterocycles. The molecule has 1 N–H and O–H groups in total. The smallest absolute Gasteiger partial charge is 0.337 e. The number of methoxy groups -OCH3 is 1. The molecule has 1 amide bonds. The summed E-state index contributed by atoms with van der Waals surface area (Å²) in [5, 5.41) is 14.9. The highest BCUT2D eigenvalue weighted by Gasteiger charge is 2.41. The molecule has 2 atom stereocenters. The quantitative estimate of drug-likeness (QED) is 0.180. The molecule has 0 fully saturated rings. The lowest BCUT2D eigenvalue weighted by Gasteiger charge is -2.36. The summed E-state index contributed by atoms with van der Waals surface area (Å²) in [6, 6.07) is 15.3. The van der Waals surface area contributed by atoms with Gasteiger partial charge in [-0.15, -0.1) is 11.8 Å². The maximum Gasteiger partial charge on any atom is 0.337 e. The number of allylic oxidation sites excluding steroid dienone is 1. The number of hydrogen-bond acceptors (Lipinski definition) is 9. The molecule has 1 aliphatic heterocycles. The van der Waals surface area contributed by atoms with Gasteiger partial charge in [-0.25, -0.2) is 9.59 Å². The molecule has 3 rings (SSSR count). The van der Waals surface area contributed by atoms with Gasteiger partial charge in [0.15, 0.2) is 0 Å². The molecule has 39 heavy (non-hydrogen) atoms. The predicted octanol–water partition coefficient (Wildman–Crippen LogP) is 3.94. The van der Waals surface area contributed by atoms with Crippen LogP contribution in [0.1, 0.15) is 30.9 Å². The Morgan fingerprint density at radius 2 is 1.87 bits per heavy atom. The Hall–Kier alpha value is -4.12. The minimum atomic E-state index is -0.971. The van der Waals surface area contributed by atoms with Crippen molar-refractivity contribution in [2.75, 3.05) is 26.5 Å². The molecule has 2 unspecified atom stereocenters. The van der Waals surface area contributed by atoms with E-state index in [1.54, 1.807) is 31.9 Å². The first-order valence-corrected chi connectivity index (χ1v) is 13.3. The molecule has 0 radical (unpaired) electrons. The minimum absolute atomic E-state index is 0.0885. The Labute approximate surface area is 231 Å². The summed E-state index contributed by atoms with van der Waals surface area (Å²) in [5.74, 6) is -1.88. The normalized spacial score (nSPS) is 16.0. The number of non-ortho nitro benzene ring substituents is 1. The van der Waals surface area contributed by atoms with Gasteiger partial charge in [0.2, 0.25) is 6.41 Å². The van der Waals surface area contributed by atoms with Crippen LogP contribution in [-0.2, 0) is 30.3 Å². The molecule has 0 aromatic heterocycles. The van der Waals surface area contributed by atoms with E-state index in [4.69, 9.17) is 9.47 Å². The first kappa shape index (κ1) is 29.4. The standard InChI is InChI=1S/C28H31N3O7S/c1-5-38-28(34)25-24(20-12-9-13-22(15-20)31(35)36)23(27(33)37-4)18(2)30(3)26(25)39-16-21(29-17-32)14-19-10-7-6-8-11-19/h6-13,15,17,21,24H,5,14,16H2,1-4H3,(H,29,32). The number of hydrogen-bond donors (Lipinski definition) is 1. The van der Waals surface area contributed by atoms with Gasteiger partial charge in [0.25, 0.3) is 5.69 Å². The maximum atomic E-state index is 13.5. The van der Waals surface area contributed by atoms with Crippen LogP contribution in [0.2, 0.25) is 0 Å². The van der Waals surface area contributed by atoms with Crippen molar-refractivity contribution in [3.05, 3.63) is 97.7 Å². The lowest BCUT2D eigenvalue weighted by molar-refractivity contribution is -0.384. The first-order valence-electron chi connectivity index (χ1n) is 12.3. The summed E-state index contributed by atoms with van der Waals surface area (Å²) in [4.78, 5) is 50.6. The lowest BCUT2D eigenvalue weighted by Crippen LogP contribution is -2.36. The van der Waals surface area contributed by atoms with Crippen molar-refractivity contribution in [2.45, 2.75) is 32.2 Å². The van der Waals surface area contributed by atoms with E-state index < -0.39 is 22.8 Å². The van der Waals surface area contributed by atoms with E-state index in [9.17, 15) is 24.5 Å². The van der Waals surface area contributed by atoms with Crippen LogP contribution in [0.5, 0.6) is 0 Å². The number of amides is 1. The molecule has 206 valence electrons. The van der Waals surface area contributed by atoms with Crippen LogP contribution in [-0.4, -0.2) is 60.7 Å². The van der Waals surface area contributed by atoms with Gasteiger partial charge in [-0.2, -0.15) is 0 Å². The van der Waals surface area contributed by atoms with E-state index in [-0.39, 0.29) is 29.5 Å². The van der Waals surface area contributed by atoms with Crippen LogP contribution in [0.25, 0.3) is 0 Å². The molecule has 1 aliphatic rings. The zero-order chi connectivity index (χ0) is 28.5. The van der Waals surface area contributed by atoms with Crippen molar-refractivity contribution < 1.29 is 28.8 Å². The molecular formula is C28H31N3O7S. The topological polar surface area (TPSA) is 128 Å². The van der Waals surface area contributed by atoms with Crippen LogP contribution in [0.15, 0.2) is 76.5 Å². The third-order valence-electron chi connectivity index (χ3n) is 6.37. The SMILES string of the molecule is CCOC(=O)C1=C(SCC(Cc2ccccc2)NC=O)N(C)C(C)=C(C(=O)OC)C1c1cccc([N+](=O)[O-])c1. The van der Waals surface area contributed by atoms with E-state index in [1.165, 1.54) is 37.1 Å². The molecule has 0 saturated heterocycles. The zero-order valence-electron chi connectivity index (χ0n) is 22.2. The van der Waals surface area contributed by atoms with Gasteiger partial charge in [-0.05, 0) is 31.4 Å². The molecule has 2 aromatic rings. The summed E-state index contributed by atoms with van der Waals surface area (Å²) in [5.41, 5.74) is 2.11. The largest absolute Gasteiger partial charge is 0.466 e. The van der Waals surface area contributed by atoms with Gasteiger partial charge in [-0.1, -0.05) is 42.5 Å². The molecule has 0 aliphatic carbocycles. The number of nitro groups is 1. The zero-order valence-corrected chi connectivity index (χ0v) is 23.0. The van der Waals surface area contributed by atoms with Crippen LogP contribution in [0.4, 0.5) is 5.69 Å². The second-order valence-corrected chi connectivity index (χ2v) is 9.76. The van der Waals surface area contributed by atoms with Crippen molar-refractivity contribution in [3.8, 4) is 0 Å². The molecular weight excluding hydrogens is 522 g/mol. The lowest BCUT2D eigenvalue weighted by atomic mass is 9.81. The molecule has 11 heteroatoms. The summed E-state index contributed by atoms with van der Waals surface area (Å²) in [6.07, 6.45) is 1.21. The first-order chi connectivity index (χ1) is 18.7. The van der Waals surface area contributed by atoms with Gasteiger partial charge < -0.3 is 19.7 Å². The molecule has 0 saturated carbocycles. The van der Waals surface area contributed by atoms with Crippen molar-refractivity contribution in [1.29, 1.82) is 0 Å². The van der Waals surface area contributed by atoms with Crippen LogP contribution in [0.3, 0.4) is 0 Å². The van der Waals surface area contributed by atoms with Gasteiger partial charge in [0.1, 0.15) is 0 Å². The number of nitrogens with zero attached hydrogens (tertiary/aromatic N) is 2. The second kappa shape index (κ2) is 13.6. The Kier molecular flexibility index (Phi) is 10.3. The molecule has 2 aromatic carbocycles. The highest BCUT2D eigenvalue weighted by Crippen LogP contribution is 2.46. The van der Waals surface area contributed by atoms with E-state index in [1.807, 2.05) is 30.3 Å². The summed E-state index contributed by atoms with van der Waals surface area (Å²) >= 11 is 1.33. The fraction of sp³-hybridized carbons (Fsp3) is 0.321. The van der Waals surface area contributed by atoms with Gasteiger partial charge >= 0.3 is 11.9 Å². The number of carbonyl (C=O) groups excluding carboxylic acids is 3. The molecule has 0 spiro atoms. The van der Waals surface area contributed by atoms with Crippen molar-refractivity contribution >= 4 is 35.8 Å². The van der Waals surface area contributed by atoms with Gasteiger partial charge in [0, 0.05) is 36.7 Å². The number of ether oxygens (including phenoxy) is 2. The Bertz CT molecular complexity index is 1290. The summed E-state index contributed by atoms with van der Waals surface area (Å²) < 4.78 is 10.5. The highest BCUT2D eigenvalue weighted by atomic mass is 32.2. The number of nitrogens with one attached hydrogen (secondary N) is 1. The third kappa shape index (κ3) is 6.85. The number of benzene rings is 2.